The second-order valence-corrected chi connectivity index (χ2v) is 8.43. The van der Waals surface area contributed by atoms with Crippen LogP contribution in [-0.4, -0.2) is 16.7 Å². The maximum atomic E-state index is 13.2. The lowest BCUT2D eigenvalue weighted by atomic mass is 9.94. The molecule has 4 heteroatoms. The van der Waals surface area contributed by atoms with Crippen molar-refractivity contribution in [1.82, 2.24) is 4.98 Å². The number of rotatable bonds is 3. The van der Waals surface area contributed by atoms with Crippen LogP contribution in [0.3, 0.4) is 0 Å². The molecule has 1 saturated carbocycles. The van der Waals surface area contributed by atoms with E-state index in [-0.39, 0.29) is 17.6 Å². The number of hydrogen-bond acceptors (Lipinski definition) is 3. The van der Waals surface area contributed by atoms with Crippen molar-refractivity contribution in [3.05, 3.63) is 65.5 Å². The summed E-state index contributed by atoms with van der Waals surface area (Å²) in [5.41, 5.74) is 4.18. The molecular formula is C26H30N2O2. The fraction of sp³-hybridized carbons (Fsp3) is 0.423. The van der Waals surface area contributed by atoms with E-state index in [4.69, 9.17) is 0 Å². The third kappa shape index (κ3) is 4.69. The van der Waals surface area contributed by atoms with Gasteiger partial charge in [0, 0.05) is 17.9 Å². The van der Waals surface area contributed by atoms with Crippen molar-refractivity contribution in [2.24, 2.45) is 5.92 Å². The number of fused-ring (bicyclic) bond motifs is 1. The minimum absolute atomic E-state index is 0.0514. The minimum Gasteiger partial charge on any atom is -0.324 e. The first-order chi connectivity index (χ1) is 14.7. The minimum atomic E-state index is 0.0514. The molecule has 1 N–H and O–H groups in total. The summed E-state index contributed by atoms with van der Waals surface area (Å²) < 4.78 is 0. The molecule has 0 unspecified atom stereocenters. The summed E-state index contributed by atoms with van der Waals surface area (Å²) in [6.45, 7) is 0. The van der Waals surface area contributed by atoms with Gasteiger partial charge in [0.15, 0.2) is 5.78 Å². The predicted molar refractivity (Wildman–Crippen MR) is 121 cm³/mol. The summed E-state index contributed by atoms with van der Waals surface area (Å²) in [5, 5.41) is 3.20. The molecule has 1 aromatic heterocycles. The molecule has 0 aromatic carbocycles. The van der Waals surface area contributed by atoms with E-state index < -0.39 is 0 Å². The monoisotopic (exact) mass is 402 g/mol. The average Bonchev–Trinajstić information content (AvgIpc) is 3.15. The quantitative estimate of drug-likeness (QED) is 0.678. The average molecular weight is 403 g/mol. The van der Waals surface area contributed by atoms with Crippen molar-refractivity contribution in [2.45, 2.75) is 64.2 Å². The lowest BCUT2D eigenvalue weighted by Gasteiger charge is -2.19. The van der Waals surface area contributed by atoms with Gasteiger partial charge in [-0.05, 0) is 30.4 Å². The maximum absolute atomic E-state index is 13.2. The van der Waals surface area contributed by atoms with Crippen molar-refractivity contribution in [2.75, 3.05) is 5.32 Å². The molecule has 4 nitrogen and oxygen atoms in total. The van der Waals surface area contributed by atoms with Gasteiger partial charge in [0.25, 0.3) is 0 Å². The van der Waals surface area contributed by atoms with E-state index in [1.54, 1.807) is 6.20 Å². The molecule has 0 bridgehead atoms. The van der Waals surface area contributed by atoms with Crippen LogP contribution in [-0.2, 0) is 11.2 Å². The molecule has 1 amide bonds. The smallest absolute Gasteiger partial charge is 0.227 e. The Hall–Kier alpha value is -2.75. The van der Waals surface area contributed by atoms with Crippen LogP contribution < -0.4 is 5.32 Å². The first kappa shape index (κ1) is 20.5. The molecular weight excluding hydrogens is 372 g/mol. The number of nitrogens with one attached hydrogen (secondary N) is 1. The van der Waals surface area contributed by atoms with Gasteiger partial charge in [-0.1, -0.05) is 81.1 Å². The van der Waals surface area contributed by atoms with E-state index >= 15 is 0 Å². The van der Waals surface area contributed by atoms with Crippen molar-refractivity contribution in [1.29, 1.82) is 0 Å². The predicted octanol–water partition coefficient (Wildman–Crippen LogP) is 5.97. The summed E-state index contributed by atoms with van der Waals surface area (Å²) in [6, 6.07) is 0. The van der Waals surface area contributed by atoms with E-state index in [1.807, 2.05) is 42.5 Å². The third-order valence-corrected chi connectivity index (χ3v) is 6.31. The van der Waals surface area contributed by atoms with Crippen molar-refractivity contribution in [3.8, 4) is 0 Å². The van der Waals surface area contributed by atoms with Crippen LogP contribution in [0.1, 0.15) is 79.4 Å². The van der Waals surface area contributed by atoms with Crippen LogP contribution in [0.25, 0.3) is 5.57 Å². The van der Waals surface area contributed by atoms with Crippen LogP contribution in [0.4, 0.5) is 5.69 Å². The zero-order valence-electron chi connectivity index (χ0n) is 17.5. The SMILES string of the molecule is O=C1CCc2c1ncc(NC(=O)C1CCCCCCCC1)c2C1=C/C=C\C=C/C=C\1. The molecule has 0 atom stereocenters. The second kappa shape index (κ2) is 9.84. The second-order valence-electron chi connectivity index (χ2n) is 8.43. The van der Waals surface area contributed by atoms with Crippen molar-refractivity contribution < 1.29 is 9.59 Å². The number of hydrogen-bond donors (Lipinski definition) is 1. The molecule has 0 radical (unpaired) electrons. The number of anilines is 1. The lowest BCUT2D eigenvalue weighted by Crippen LogP contribution is -2.24. The summed E-state index contributed by atoms with van der Waals surface area (Å²) in [7, 11) is 0. The fourth-order valence-corrected chi connectivity index (χ4v) is 4.68. The topological polar surface area (TPSA) is 59.1 Å². The van der Waals surface area contributed by atoms with Gasteiger partial charge in [-0.15, -0.1) is 0 Å². The first-order valence-corrected chi connectivity index (χ1v) is 11.3. The van der Waals surface area contributed by atoms with Crippen molar-refractivity contribution >= 4 is 23.0 Å². The third-order valence-electron chi connectivity index (χ3n) is 6.31. The number of allylic oxidation sites excluding steroid dienone is 8. The van der Waals surface area contributed by atoms with Gasteiger partial charge in [0.05, 0.1) is 11.9 Å². The number of aromatic nitrogens is 1. The molecule has 1 heterocycles. The van der Waals surface area contributed by atoms with Gasteiger partial charge < -0.3 is 5.32 Å². The summed E-state index contributed by atoms with van der Waals surface area (Å²) >= 11 is 0. The Morgan fingerprint density at radius 2 is 1.60 bits per heavy atom. The molecule has 1 aromatic rings. The molecule has 30 heavy (non-hydrogen) atoms. The van der Waals surface area contributed by atoms with Gasteiger partial charge in [-0.3, -0.25) is 14.6 Å². The molecule has 3 aliphatic carbocycles. The summed E-state index contributed by atoms with van der Waals surface area (Å²) in [5.74, 6) is 0.233. The molecule has 3 aliphatic rings. The van der Waals surface area contributed by atoms with Gasteiger partial charge in [0.1, 0.15) is 5.69 Å². The largest absolute Gasteiger partial charge is 0.324 e. The van der Waals surface area contributed by atoms with Gasteiger partial charge in [-0.25, -0.2) is 0 Å². The highest BCUT2D eigenvalue weighted by molar-refractivity contribution is 6.03. The standard InChI is InChI=1S/C26H30N2O2/c29-23-17-16-21-24(19-12-8-6-3-7-9-13-19)22(18-27-25(21)23)28-26(30)20-14-10-4-1-2-5-11-15-20/h3,6-9,12-13,18,20H,1-2,4-5,10-11,14-17H2,(H,28,30)/b6-3-,7-3?,8-6?,9-7-,12-8-,13-9?,19-12?,19-13+. The van der Waals surface area contributed by atoms with E-state index in [0.717, 1.165) is 48.1 Å². The molecule has 0 spiro atoms. The summed E-state index contributed by atoms with van der Waals surface area (Å²) in [4.78, 5) is 29.9. The number of carbonyl (C=O) groups excluding carboxylic acids is 2. The van der Waals surface area contributed by atoms with E-state index in [0.29, 0.717) is 18.5 Å². The van der Waals surface area contributed by atoms with Crippen LogP contribution >= 0.6 is 0 Å². The number of Topliss-reactive ketones (excluding diaryl/α,β-unsaturated/α-hetero) is 1. The Bertz CT molecular complexity index is 927. The molecule has 0 aliphatic heterocycles. The van der Waals surface area contributed by atoms with E-state index in [2.05, 4.69) is 10.3 Å². The highest BCUT2D eigenvalue weighted by Gasteiger charge is 2.28. The molecule has 0 saturated heterocycles. The van der Waals surface area contributed by atoms with Gasteiger partial charge in [0.2, 0.25) is 5.91 Å². The number of amides is 1. The highest BCUT2D eigenvalue weighted by Crippen LogP contribution is 2.35. The zero-order valence-corrected chi connectivity index (χ0v) is 17.5. The Labute approximate surface area is 178 Å². The van der Waals surface area contributed by atoms with E-state index in [1.165, 1.54) is 25.7 Å². The maximum Gasteiger partial charge on any atom is 0.227 e. The highest BCUT2D eigenvalue weighted by atomic mass is 16.2. The fourth-order valence-electron chi connectivity index (χ4n) is 4.68. The summed E-state index contributed by atoms with van der Waals surface area (Å²) in [6.07, 6.45) is 26.0. The van der Waals surface area contributed by atoms with Crippen molar-refractivity contribution in [3.63, 3.8) is 0 Å². The Morgan fingerprint density at radius 1 is 0.900 bits per heavy atom. The van der Waals surface area contributed by atoms with Crippen LogP contribution in [0, 0.1) is 5.92 Å². The first-order valence-electron chi connectivity index (χ1n) is 11.3. The van der Waals surface area contributed by atoms with Crippen LogP contribution in [0.15, 0.2) is 48.7 Å². The molecule has 156 valence electrons. The zero-order chi connectivity index (χ0) is 20.8. The van der Waals surface area contributed by atoms with Gasteiger partial charge in [-0.2, -0.15) is 0 Å². The molecule has 1 fully saturated rings. The Morgan fingerprint density at radius 3 is 2.40 bits per heavy atom. The van der Waals surface area contributed by atoms with E-state index in [9.17, 15) is 9.59 Å². The van der Waals surface area contributed by atoms with Gasteiger partial charge >= 0.3 is 0 Å². The normalized spacial score (nSPS) is 24.8. The molecule has 4 rings (SSSR count). The Kier molecular flexibility index (Phi) is 6.73. The number of nitrogens with zero attached hydrogens (tertiary/aromatic N) is 1. The van der Waals surface area contributed by atoms with Crippen LogP contribution in [0.5, 0.6) is 0 Å². The Balaban J connectivity index is 1.66. The number of pyridine rings is 1. The lowest BCUT2D eigenvalue weighted by molar-refractivity contribution is -0.120. The number of carbonyl (C=O) groups is 2. The van der Waals surface area contributed by atoms with Crippen LogP contribution in [0.2, 0.25) is 0 Å². The number of ketones is 1.